The Morgan fingerprint density at radius 1 is 1.00 bits per heavy atom. The molecule has 0 aromatic heterocycles. The largest absolute Gasteiger partial charge is 0.497 e. The summed E-state index contributed by atoms with van der Waals surface area (Å²) >= 11 is 0. The lowest BCUT2D eigenvalue weighted by Crippen LogP contribution is -2.17. The van der Waals surface area contributed by atoms with Crippen LogP contribution in [0.5, 0.6) is 11.5 Å². The smallest absolute Gasteiger partial charge is 0.142 e. The van der Waals surface area contributed by atoms with Crippen LogP contribution in [0.15, 0.2) is 42.5 Å². The zero-order chi connectivity index (χ0) is 14.5. The quantitative estimate of drug-likeness (QED) is 0.850. The third-order valence-electron chi connectivity index (χ3n) is 3.20. The number of methoxy groups -OCH3 is 2. The van der Waals surface area contributed by atoms with Gasteiger partial charge in [0, 0.05) is 25.3 Å². The number of benzene rings is 2. The Morgan fingerprint density at radius 2 is 1.70 bits per heavy atom. The standard InChI is InChI=1S/C16H20N2O2/c1-18(11-12-4-6-13(17)7-5-12)15-10-14(19-2)8-9-16(15)20-3/h4-10H,11,17H2,1-3H3. The van der Waals surface area contributed by atoms with E-state index in [1.807, 2.05) is 49.5 Å². The van der Waals surface area contributed by atoms with Crippen molar-refractivity contribution in [1.29, 1.82) is 0 Å². The van der Waals surface area contributed by atoms with Crippen molar-refractivity contribution in [1.82, 2.24) is 0 Å². The zero-order valence-electron chi connectivity index (χ0n) is 12.1. The van der Waals surface area contributed by atoms with Crippen molar-refractivity contribution < 1.29 is 9.47 Å². The minimum Gasteiger partial charge on any atom is -0.497 e. The lowest BCUT2D eigenvalue weighted by molar-refractivity contribution is 0.403. The Labute approximate surface area is 119 Å². The van der Waals surface area contributed by atoms with Gasteiger partial charge in [0.25, 0.3) is 0 Å². The van der Waals surface area contributed by atoms with Crippen molar-refractivity contribution in [3.8, 4) is 11.5 Å². The average Bonchev–Trinajstić information content (AvgIpc) is 2.48. The van der Waals surface area contributed by atoms with Gasteiger partial charge in [0.15, 0.2) is 0 Å². The SMILES string of the molecule is COc1ccc(OC)c(N(C)Cc2ccc(N)cc2)c1. The van der Waals surface area contributed by atoms with Gasteiger partial charge in [-0.25, -0.2) is 0 Å². The topological polar surface area (TPSA) is 47.7 Å². The highest BCUT2D eigenvalue weighted by Crippen LogP contribution is 2.32. The molecule has 0 radical (unpaired) electrons. The van der Waals surface area contributed by atoms with Gasteiger partial charge in [0.2, 0.25) is 0 Å². The Balaban J connectivity index is 2.23. The van der Waals surface area contributed by atoms with Gasteiger partial charge >= 0.3 is 0 Å². The molecule has 0 bridgehead atoms. The Hall–Kier alpha value is -2.36. The molecular weight excluding hydrogens is 252 g/mol. The predicted octanol–water partition coefficient (Wildman–Crippen LogP) is 2.92. The van der Waals surface area contributed by atoms with Gasteiger partial charge < -0.3 is 20.1 Å². The van der Waals surface area contributed by atoms with Crippen LogP contribution < -0.4 is 20.1 Å². The van der Waals surface area contributed by atoms with Gasteiger partial charge in [0.05, 0.1) is 19.9 Å². The van der Waals surface area contributed by atoms with Crippen molar-refractivity contribution in [3.63, 3.8) is 0 Å². The Morgan fingerprint density at radius 3 is 2.30 bits per heavy atom. The summed E-state index contributed by atoms with van der Waals surface area (Å²) in [5, 5.41) is 0. The van der Waals surface area contributed by atoms with E-state index in [1.54, 1.807) is 14.2 Å². The number of hydrogen-bond acceptors (Lipinski definition) is 4. The Bertz CT molecular complexity index is 567. The van der Waals surface area contributed by atoms with E-state index in [9.17, 15) is 0 Å². The van der Waals surface area contributed by atoms with Crippen LogP contribution in [0.25, 0.3) is 0 Å². The van der Waals surface area contributed by atoms with E-state index in [2.05, 4.69) is 4.90 Å². The van der Waals surface area contributed by atoms with E-state index in [0.717, 1.165) is 29.4 Å². The van der Waals surface area contributed by atoms with Crippen LogP contribution in [0.1, 0.15) is 5.56 Å². The van der Waals surface area contributed by atoms with Gasteiger partial charge in [-0.3, -0.25) is 0 Å². The van der Waals surface area contributed by atoms with Crippen molar-refractivity contribution in [2.24, 2.45) is 0 Å². The number of nitrogen functional groups attached to an aromatic ring is 1. The number of anilines is 2. The maximum atomic E-state index is 5.70. The molecule has 0 aliphatic carbocycles. The first-order valence-electron chi connectivity index (χ1n) is 6.41. The molecule has 20 heavy (non-hydrogen) atoms. The lowest BCUT2D eigenvalue weighted by atomic mass is 10.2. The third-order valence-corrected chi connectivity index (χ3v) is 3.20. The summed E-state index contributed by atoms with van der Waals surface area (Å²) < 4.78 is 10.7. The van der Waals surface area contributed by atoms with Crippen molar-refractivity contribution in [2.45, 2.75) is 6.54 Å². The molecule has 0 amide bonds. The highest BCUT2D eigenvalue weighted by Gasteiger charge is 2.10. The molecule has 0 spiro atoms. The fraction of sp³-hybridized carbons (Fsp3) is 0.250. The monoisotopic (exact) mass is 272 g/mol. The molecule has 2 aromatic carbocycles. The van der Waals surface area contributed by atoms with Crippen molar-refractivity contribution >= 4 is 11.4 Å². The average molecular weight is 272 g/mol. The molecule has 0 aliphatic rings. The van der Waals surface area contributed by atoms with Gasteiger partial charge in [-0.05, 0) is 29.8 Å². The van der Waals surface area contributed by atoms with Crippen LogP contribution >= 0.6 is 0 Å². The first-order chi connectivity index (χ1) is 9.63. The number of nitrogens with zero attached hydrogens (tertiary/aromatic N) is 1. The molecule has 2 aromatic rings. The summed E-state index contributed by atoms with van der Waals surface area (Å²) in [6, 6.07) is 13.6. The van der Waals surface area contributed by atoms with E-state index in [0.29, 0.717) is 0 Å². The molecule has 2 N–H and O–H groups in total. The molecule has 106 valence electrons. The molecule has 0 saturated carbocycles. The second-order valence-corrected chi connectivity index (χ2v) is 4.64. The van der Waals surface area contributed by atoms with Crippen LogP contribution in [0, 0.1) is 0 Å². The predicted molar refractivity (Wildman–Crippen MR) is 82.5 cm³/mol. The summed E-state index contributed by atoms with van der Waals surface area (Å²) in [6.07, 6.45) is 0. The summed E-state index contributed by atoms with van der Waals surface area (Å²) in [5.41, 5.74) is 8.65. The van der Waals surface area contributed by atoms with Gasteiger partial charge in [-0.15, -0.1) is 0 Å². The van der Waals surface area contributed by atoms with E-state index in [-0.39, 0.29) is 0 Å². The number of ether oxygens (including phenoxy) is 2. The Kier molecular flexibility index (Phi) is 4.35. The molecule has 0 fully saturated rings. The second kappa shape index (κ2) is 6.19. The summed E-state index contributed by atoms with van der Waals surface area (Å²) in [7, 11) is 5.35. The molecule has 0 aliphatic heterocycles. The maximum absolute atomic E-state index is 5.70. The van der Waals surface area contributed by atoms with Crippen LogP contribution in [0.2, 0.25) is 0 Å². The lowest BCUT2D eigenvalue weighted by Gasteiger charge is -2.22. The molecule has 4 nitrogen and oxygen atoms in total. The highest BCUT2D eigenvalue weighted by molar-refractivity contribution is 5.61. The fourth-order valence-electron chi connectivity index (χ4n) is 2.08. The molecule has 0 saturated heterocycles. The minimum absolute atomic E-state index is 0.768. The van der Waals surface area contributed by atoms with Crippen LogP contribution in [0.4, 0.5) is 11.4 Å². The van der Waals surface area contributed by atoms with E-state index < -0.39 is 0 Å². The number of rotatable bonds is 5. The van der Waals surface area contributed by atoms with Crippen molar-refractivity contribution in [3.05, 3.63) is 48.0 Å². The summed E-state index contributed by atoms with van der Waals surface area (Å²) in [6.45, 7) is 0.768. The number of hydrogen-bond donors (Lipinski definition) is 1. The summed E-state index contributed by atoms with van der Waals surface area (Å²) in [4.78, 5) is 2.12. The van der Waals surface area contributed by atoms with Crippen LogP contribution in [0.3, 0.4) is 0 Å². The van der Waals surface area contributed by atoms with E-state index in [1.165, 1.54) is 5.56 Å². The normalized spacial score (nSPS) is 10.2. The molecule has 0 unspecified atom stereocenters. The van der Waals surface area contributed by atoms with E-state index >= 15 is 0 Å². The van der Waals surface area contributed by atoms with E-state index in [4.69, 9.17) is 15.2 Å². The van der Waals surface area contributed by atoms with Gasteiger partial charge in [-0.1, -0.05) is 12.1 Å². The second-order valence-electron chi connectivity index (χ2n) is 4.64. The zero-order valence-corrected chi connectivity index (χ0v) is 12.1. The molecule has 4 heteroatoms. The maximum Gasteiger partial charge on any atom is 0.142 e. The fourth-order valence-corrected chi connectivity index (χ4v) is 2.08. The van der Waals surface area contributed by atoms with Crippen LogP contribution in [-0.2, 0) is 6.54 Å². The summed E-state index contributed by atoms with van der Waals surface area (Å²) in [5.74, 6) is 1.63. The number of nitrogens with two attached hydrogens (primary N) is 1. The highest BCUT2D eigenvalue weighted by atomic mass is 16.5. The first kappa shape index (κ1) is 14.1. The van der Waals surface area contributed by atoms with Crippen LogP contribution in [-0.4, -0.2) is 21.3 Å². The third kappa shape index (κ3) is 3.15. The van der Waals surface area contributed by atoms with Gasteiger partial charge in [-0.2, -0.15) is 0 Å². The first-order valence-corrected chi connectivity index (χ1v) is 6.41. The minimum atomic E-state index is 0.768. The van der Waals surface area contributed by atoms with Gasteiger partial charge in [0.1, 0.15) is 11.5 Å². The molecule has 0 atom stereocenters. The van der Waals surface area contributed by atoms with Crippen molar-refractivity contribution in [2.75, 3.05) is 31.9 Å². The molecular formula is C16H20N2O2. The molecule has 0 heterocycles. The molecule has 2 rings (SSSR count).